The van der Waals surface area contributed by atoms with Gasteiger partial charge in [0.05, 0.1) is 5.69 Å². The molecule has 3 heteroatoms. The van der Waals surface area contributed by atoms with Gasteiger partial charge in [0.15, 0.2) is 0 Å². The topological polar surface area (TPSA) is 46.2 Å². The molecule has 0 aliphatic heterocycles. The smallest absolute Gasteiger partial charge is 0.138 e. The number of hydrogen-bond donors (Lipinski definition) is 2. The molecule has 0 aromatic heterocycles. The standard InChI is InChI=1S/C9H10BrNO/c10-5-1-2-7-3-4-9(12)8(11)6-7/h1-4,6,12H,5,11H2. The molecule has 0 atom stereocenters. The maximum Gasteiger partial charge on any atom is 0.138 e. The first-order valence-corrected chi connectivity index (χ1v) is 4.67. The van der Waals surface area contributed by atoms with Gasteiger partial charge in [0.2, 0.25) is 0 Å². The van der Waals surface area contributed by atoms with Gasteiger partial charge in [-0.2, -0.15) is 0 Å². The van der Waals surface area contributed by atoms with Crippen LogP contribution in [0.4, 0.5) is 5.69 Å². The third-order valence-corrected chi connectivity index (χ3v) is 1.82. The number of hydrogen-bond acceptors (Lipinski definition) is 2. The second kappa shape index (κ2) is 4.16. The molecule has 0 saturated heterocycles. The molecule has 1 aromatic rings. The van der Waals surface area contributed by atoms with Crippen LogP contribution in [0, 0.1) is 0 Å². The summed E-state index contributed by atoms with van der Waals surface area (Å²) >= 11 is 3.27. The molecule has 0 bridgehead atoms. The molecular weight excluding hydrogens is 218 g/mol. The van der Waals surface area contributed by atoms with Crippen LogP contribution in [0.25, 0.3) is 6.08 Å². The molecule has 0 spiro atoms. The van der Waals surface area contributed by atoms with Crippen molar-refractivity contribution in [2.45, 2.75) is 0 Å². The molecule has 0 aliphatic rings. The summed E-state index contributed by atoms with van der Waals surface area (Å²) in [6.45, 7) is 0. The molecule has 0 amide bonds. The van der Waals surface area contributed by atoms with Crippen LogP contribution in [0.2, 0.25) is 0 Å². The average Bonchev–Trinajstić information content (AvgIpc) is 2.07. The molecule has 1 rings (SSSR count). The molecule has 0 unspecified atom stereocenters. The van der Waals surface area contributed by atoms with Crippen LogP contribution in [0.15, 0.2) is 24.3 Å². The Bertz CT molecular complexity index is 297. The van der Waals surface area contributed by atoms with Crippen LogP contribution >= 0.6 is 15.9 Å². The first-order chi connectivity index (χ1) is 5.74. The normalized spacial score (nSPS) is 10.8. The number of alkyl halides is 1. The Hall–Kier alpha value is -0.960. The monoisotopic (exact) mass is 227 g/mol. The third kappa shape index (κ3) is 2.27. The Morgan fingerprint density at radius 3 is 2.83 bits per heavy atom. The summed E-state index contributed by atoms with van der Waals surface area (Å²) in [6, 6.07) is 5.13. The minimum absolute atomic E-state index is 0.131. The fraction of sp³-hybridized carbons (Fsp3) is 0.111. The van der Waals surface area contributed by atoms with Gasteiger partial charge in [-0.05, 0) is 17.7 Å². The van der Waals surface area contributed by atoms with E-state index in [0.29, 0.717) is 5.69 Å². The van der Waals surface area contributed by atoms with Crippen molar-refractivity contribution in [2.75, 3.05) is 11.1 Å². The molecule has 2 nitrogen and oxygen atoms in total. The largest absolute Gasteiger partial charge is 0.506 e. The minimum atomic E-state index is 0.131. The van der Waals surface area contributed by atoms with Crippen molar-refractivity contribution in [3.05, 3.63) is 29.8 Å². The summed E-state index contributed by atoms with van der Waals surface area (Å²) in [5.74, 6) is 0.131. The highest BCUT2D eigenvalue weighted by Gasteiger charge is 1.94. The van der Waals surface area contributed by atoms with Gasteiger partial charge in [0.1, 0.15) is 5.75 Å². The molecule has 64 valence electrons. The lowest BCUT2D eigenvalue weighted by Gasteiger charge is -1.98. The van der Waals surface area contributed by atoms with Gasteiger partial charge in [-0.1, -0.05) is 34.1 Å². The average molecular weight is 228 g/mol. The zero-order chi connectivity index (χ0) is 8.97. The van der Waals surface area contributed by atoms with E-state index < -0.39 is 0 Å². The van der Waals surface area contributed by atoms with Crippen molar-refractivity contribution in [3.8, 4) is 5.75 Å². The number of benzene rings is 1. The summed E-state index contributed by atoms with van der Waals surface area (Å²) in [5.41, 5.74) is 6.90. The number of nitrogen functional groups attached to an aromatic ring is 1. The van der Waals surface area contributed by atoms with E-state index in [4.69, 9.17) is 10.8 Å². The van der Waals surface area contributed by atoms with E-state index in [1.807, 2.05) is 18.2 Å². The van der Waals surface area contributed by atoms with Crippen molar-refractivity contribution < 1.29 is 5.11 Å². The predicted octanol–water partition coefficient (Wildman–Crippen LogP) is 2.38. The molecule has 0 fully saturated rings. The van der Waals surface area contributed by atoms with Crippen LogP contribution in [0.5, 0.6) is 5.75 Å². The van der Waals surface area contributed by atoms with Crippen LogP contribution in [0.3, 0.4) is 0 Å². The lowest BCUT2D eigenvalue weighted by molar-refractivity contribution is 0.478. The number of rotatable bonds is 2. The highest BCUT2D eigenvalue weighted by Crippen LogP contribution is 2.20. The second-order valence-corrected chi connectivity index (χ2v) is 3.02. The van der Waals surface area contributed by atoms with Crippen molar-refractivity contribution in [3.63, 3.8) is 0 Å². The Morgan fingerprint density at radius 1 is 1.50 bits per heavy atom. The van der Waals surface area contributed by atoms with E-state index in [-0.39, 0.29) is 5.75 Å². The van der Waals surface area contributed by atoms with E-state index >= 15 is 0 Å². The van der Waals surface area contributed by atoms with Gasteiger partial charge in [-0.15, -0.1) is 0 Å². The highest BCUT2D eigenvalue weighted by atomic mass is 79.9. The number of halogens is 1. The molecule has 1 aromatic carbocycles. The fourth-order valence-corrected chi connectivity index (χ4v) is 1.04. The number of phenolic OH excluding ortho intramolecular Hbond substituents is 1. The second-order valence-electron chi connectivity index (χ2n) is 2.37. The van der Waals surface area contributed by atoms with Crippen LogP contribution in [-0.4, -0.2) is 10.4 Å². The number of phenols is 1. The van der Waals surface area contributed by atoms with Gasteiger partial charge in [-0.25, -0.2) is 0 Å². The minimum Gasteiger partial charge on any atom is -0.506 e. The summed E-state index contributed by atoms with van der Waals surface area (Å²) in [7, 11) is 0. The first-order valence-electron chi connectivity index (χ1n) is 3.55. The first kappa shape index (κ1) is 9.13. The Labute approximate surface area is 79.8 Å². The van der Waals surface area contributed by atoms with Gasteiger partial charge in [0.25, 0.3) is 0 Å². The number of allylic oxidation sites excluding steroid dienone is 1. The van der Waals surface area contributed by atoms with Gasteiger partial charge < -0.3 is 10.8 Å². The van der Waals surface area contributed by atoms with Crippen LogP contribution in [-0.2, 0) is 0 Å². The van der Waals surface area contributed by atoms with E-state index in [1.54, 1.807) is 12.1 Å². The van der Waals surface area contributed by atoms with Crippen molar-refractivity contribution >= 4 is 27.7 Å². The molecular formula is C9H10BrNO. The van der Waals surface area contributed by atoms with E-state index in [1.165, 1.54) is 0 Å². The molecule has 0 radical (unpaired) electrons. The van der Waals surface area contributed by atoms with E-state index in [0.717, 1.165) is 10.9 Å². The quantitative estimate of drug-likeness (QED) is 0.463. The Kier molecular flexibility index (Phi) is 3.17. The summed E-state index contributed by atoms with van der Waals surface area (Å²) in [6.07, 6.45) is 3.90. The summed E-state index contributed by atoms with van der Waals surface area (Å²) < 4.78 is 0. The molecule has 12 heavy (non-hydrogen) atoms. The van der Waals surface area contributed by atoms with Gasteiger partial charge in [-0.3, -0.25) is 0 Å². The Morgan fingerprint density at radius 2 is 2.25 bits per heavy atom. The van der Waals surface area contributed by atoms with Crippen molar-refractivity contribution in [2.24, 2.45) is 0 Å². The predicted molar refractivity (Wildman–Crippen MR) is 55.3 cm³/mol. The van der Waals surface area contributed by atoms with Crippen LogP contribution < -0.4 is 5.73 Å². The van der Waals surface area contributed by atoms with Gasteiger partial charge >= 0.3 is 0 Å². The zero-order valence-electron chi connectivity index (χ0n) is 6.50. The maximum atomic E-state index is 9.11. The molecule has 3 N–H and O–H groups in total. The number of nitrogens with two attached hydrogens (primary N) is 1. The summed E-state index contributed by atoms with van der Waals surface area (Å²) in [4.78, 5) is 0. The van der Waals surface area contributed by atoms with Gasteiger partial charge in [0, 0.05) is 5.33 Å². The molecule has 0 aliphatic carbocycles. The maximum absolute atomic E-state index is 9.11. The van der Waals surface area contributed by atoms with E-state index in [9.17, 15) is 0 Å². The zero-order valence-corrected chi connectivity index (χ0v) is 8.08. The van der Waals surface area contributed by atoms with Crippen LogP contribution in [0.1, 0.15) is 5.56 Å². The van der Waals surface area contributed by atoms with E-state index in [2.05, 4.69) is 15.9 Å². The third-order valence-electron chi connectivity index (χ3n) is 1.45. The molecule has 0 saturated carbocycles. The van der Waals surface area contributed by atoms with Crippen molar-refractivity contribution in [1.29, 1.82) is 0 Å². The number of anilines is 1. The lowest BCUT2D eigenvalue weighted by Crippen LogP contribution is -1.85. The summed E-state index contributed by atoms with van der Waals surface area (Å²) in [5, 5.41) is 9.92. The fourth-order valence-electron chi connectivity index (χ4n) is 0.857. The number of aromatic hydroxyl groups is 1. The highest BCUT2D eigenvalue weighted by molar-refractivity contribution is 9.09. The lowest BCUT2D eigenvalue weighted by atomic mass is 10.2. The molecule has 0 heterocycles. The Balaban J connectivity index is 2.89. The SMILES string of the molecule is Nc1cc(C=CCBr)ccc1O. The van der Waals surface area contributed by atoms with Crippen molar-refractivity contribution in [1.82, 2.24) is 0 Å².